The molecule has 1 heteroatoms. The fourth-order valence-electron chi connectivity index (χ4n) is 4.16. The summed E-state index contributed by atoms with van der Waals surface area (Å²) in [5.74, 6) is 0. The number of hydrogen-bond donors (Lipinski definition) is 0. The highest BCUT2D eigenvalue weighted by molar-refractivity contribution is 6.93. The zero-order valence-electron chi connectivity index (χ0n) is 15.3. The molecule has 0 aliphatic rings. The molecule has 0 spiro atoms. The second kappa shape index (κ2) is 7.31. The highest BCUT2D eigenvalue weighted by Crippen LogP contribution is 2.36. The molecule has 0 nitrogen and oxygen atoms in total. The zero-order valence-corrected chi connectivity index (χ0v) is 16.3. The molecule has 0 unspecified atom stereocenters. The smallest absolute Gasteiger partial charge is 0.0906 e. The third-order valence-electron chi connectivity index (χ3n) is 5.52. The van der Waals surface area contributed by atoms with Crippen molar-refractivity contribution in [3.63, 3.8) is 0 Å². The van der Waals surface area contributed by atoms with E-state index in [1.54, 1.807) is 5.19 Å². The molecule has 122 valence electrons. The quantitative estimate of drug-likeness (QED) is 0.552. The van der Waals surface area contributed by atoms with Crippen molar-refractivity contribution in [2.24, 2.45) is 0 Å². The van der Waals surface area contributed by atoms with Crippen molar-refractivity contribution in [3.05, 3.63) is 72.3 Å². The molecular formula is C22H30Si. The maximum Gasteiger partial charge on any atom is 0.0914 e. The Bertz CT molecular complexity index is 645. The van der Waals surface area contributed by atoms with Gasteiger partial charge < -0.3 is 0 Å². The Morgan fingerprint density at radius 1 is 0.870 bits per heavy atom. The largest absolute Gasteiger partial charge is 0.0914 e. The van der Waals surface area contributed by atoms with Gasteiger partial charge in [0.1, 0.15) is 0 Å². The summed E-state index contributed by atoms with van der Waals surface area (Å²) in [6, 6.07) is 21.0. The third-order valence-corrected chi connectivity index (χ3v) is 12.2. The Morgan fingerprint density at radius 2 is 1.43 bits per heavy atom. The van der Waals surface area contributed by atoms with E-state index in [9.17, 15) is 0 Å². The van der Waals surface area contributed by atoms with E-state index in [2.05, 4.69) is 95.8 Å². The first-order valence-electron chi connectivity index (χ1n) is 8.78. The van der Waals surface area contributed by atoms with Crippen LogP contribution in [0.15, 0.2) is 61.2 Å². The molecular weight excluding hydrogens is 292 g/mol. The Labute approximate surface area is 143 Å². The van der Waals surface area contributed by atoms with E-state index < -0.39 is 8.07 Å². The molecule has 0 radical (unpaired) electrons. The zero-order chi connectivity index (χ0) is 17.0. The summed E-state index contributed by atoms with van der Waals surface area (Å²) in [7, 11) is -1.52. The summed E-state index contributed by atoms with van der Waals surface area (Å²) < 4.78 is 0. The van der Waals surface area contributed by atoms with Gasteiger partial charge in [0.05, 0.1) is 8.07 Å². The minimum absolute atomic E-state index is 0.743. The van der Waals surface area contributed by atoms with Gasteiger partial charge in [-0.15, -0.1) is 0 Å². The van der Waals surface area contributed by atoms with Gasteiger partial charge in [0.25, 0.3) is 0 Å². The van der Waals surface area contributed by atoms with E-state index >= 15 is 0 Å². The molecule has 2 rings (SSSR count). The monoisotopic (exact) mass is 322 g/mol. The van der Waals surface area contributed by atoms with Crippen molar-refractivity contribution in [1.29, 1.82) is 0 Å². The van der Waals surface area contributed by atoms with E-state index in [1.807, 2.05) is 0 Å². The van der Waals surface area contributed by atoms with E-state index in [4.69, 9.17) is 0 Å². The van der Waals surface area contributed by atoms with Crippen LogP contribution >= 0.6 is 0 Å². The minimum Gasteiger partial charge on any atom is -0.0906 e. The number of benzene rings is 2. The van der Waals surface area contributed by atoms with Crippen molar-refractivity contribution < 1.29 is 0 Å². The summed E-state index contributed by atoms with van der Waals surface area (Å²) in [5, 5.41) is 1.58. The molecule has 23 heavy (non-hydrogen) atoms. The van der Waals surface area contributed by atoms with Crippen molar-refractivity contribution >= 4 is 18.8 Å². The van der Waals surface area contributed by atoms with Gasteiger partial charge in [0, 0.05) is 0 Å². The van der Waals surface area contributed by atoms with Crippen LogP contribution in [0.2, 0.25) is 17.1 Å². The predicted molar refractivity (Wildman–Crippen MR) is 107 cm³/mol. The van der Waals surface area contributed by atoms with Crippen LogP contribution in [0.1, 0.15) is 45.7 Å². The van der Waals surface area contributed by atoms with Gasteiger partial charge in [-0.2, -0.15) is 0 Å². The molecule has 0 saturated heterocycles. The molecule has 0 fully saturated rings. The number of hydrogen-bond acceptors (Lipinski definition) is 0. The summed E-state index contributed by atoms with van der Waals surface area (Å²) in [6.07, 6.45) is 0. The lowest BCUT2D eigenvalue weighted by atomic mass is 10.00. The lowest BCUT2D eigenvalue weighted by Crippen LogP contribution is -2.52. The molecule has 0 aliphatic heterocycles. The first kappa shape index (κ1) is 17.7. The Hall–Kier alpha value is -1.60. The standard InChI is InChI=1S/C22H30Si/c1-7-23(17(2)3,18(4)5)22-15-11-14-21(16-22)19(6)20-12-9-8-10-13-20/h8-18H,6-7H2,1-5H3. The van der Waals surface area contributed by atoms with Crippen LogP contribution in [0.5, 0.6) is 0 Å². The first-order chi connectivity index (χ1) is 10.9. The lowest BCUT2D eigenvalue weighted by molar-refractivity contribution is 0.896. The maximum atomic E-state index is 4.35. The molecule has 0 heterocycles. The van der Waals surface area contributed by atoms with Crippen LogP contribution in [-0.4, -0.2) is 8.07 Å². The van der Waals surface area contributed by atoms with E-state index in [0.29, 0.717) is 0 Å². The summed E-state index contributed by atoms with van der Waals surface area (Å²) >= 11 is 0. The Morgan fingerprint density at radius 3 is 1.96 bits per heavy atom. The topological polar surface area (TPSA) is 0 Å². The lowest BCUT2D eigenvalue weighted by Gasteiger charge is -2.39. The van der Waals surface area contributed by atoms with Gasteiger partial charge in [0.2, 0.25) is 0 Å². The summed E-state index contributed by atoms with van der Waals surface area (Å²) in [4.78, 5) is 0. The Balaban J connectivity index is 2.49. The van der Waals surface area contributed by atoms with Gasteiger partial charge in [-0.1, -0.05) is 107 Å². The van der Waals surface area contributed by atoms with Crippen molar-refractivity contribution in [2.75, 3.05) is 0 Å². The van der Waals surface area contributed by atoms with Gasteiger partial charge in [-0.25, -0.2) is 0 Å². The molecule has 0 atom stereocenters. The van der Waals surface area contributed by atoms with Crippen molar-refractivity contribution in [2.45, 2.75) is 51.7 Å². The average Bonchev–Trinajstić information content (AvgIpc) is 2.56. The highest BCUT2D eigenvalue weighted by atomic mass is 28.3. The fraction of sp³-hybridized carbons (Fsp3) is 0.364. The average molecular weight is 323 g/mol. The first-order valence-corrected chi connectivity index (χ1v) is 11.1. The summed E-state index contributed by atoms with van der Waals surface area (Å²) in [5.41, 5.74) is 5.09. The molecule has 0 aromatic heterocycles. The summed E-state index contributed by atoms with van der Waals surface area (Å²) in [6.45, 7) is 16.4. The second-order valence-corrected chi connectivity index (χ2v) is 12.8. The number of rotatable bonds is 6. The third kappa shape index (κ3) is 3.35. The second-order valence-electron chi connectivity index (χ2n) is 7.13. The predicted octanol–water partition coefficient (Wildman–Crippen LogP) is 6.24. The SMILES string of the molecule is C=C(c1ccccc1)c1cccc([Si](CC)(C(C)C)C(C)C)c1. The molecule has 0 N–H and O–H groups in total. The molecule has 0 aliphatic carbocycles. The molecule has 2 aromatic rings. The normalized spacial score (nSPS) is 12.0. The van der Waals surface area contributed by atoms with Crippen LogP contribution in [0.3, 0.4) is 0 Å². The van der Waals surface area contributed by atoms with Gasteiger partial charge in [0.15, 0.2) is 0 Å². The van der Waals surface area contributed by atoms with Crippen molar-refractivity contribution in [3.8, 4) is 0 Å². The Kier molecular flexibility index (Phi) is 5.64. The van der Waals surface area contributed by atoms with E-state index in [1.165, 1.54) is 17.2 Å². The fourth-order valence-corrected chi connectivity index (χ4v) is 9.70. The minimum atomic E-state index is -1.52. The van der Waals surface area contributed by atoms with E-state index in [-0.39, 0.29) is 0 Å². The highest BCUT2D eigenvalue weighted by Gasteiger charge is 2.39. The van der Waals surface area contributed by atoms with Gasteiger partial charge in [-0.3, -0.25) is 0 Å². The van der Waals surface area contributed by atoms with Gasteiger partial charge >= 0.3 is 0 Å². The maximum absolute atomic E-state index is 4.35. The van der Waals surface area contributed by atoms with Crippen LogP contribution in [0.4, 0.5) is 0 Å². The molecule has 2 aromatic carbocycles. The van der Waals surface area contributed by atoms with Crippen LogP contribution in [0.25, 0.3) is 5.57 Å². The van der Waals surface area contributed by atoms with Crippen LogP contribution in [-0.2, 0) is 0 Å². The van der Waals surface area contributed by atoms with Crippen LogP contribution in [0, 0.1) is 0 Å². The van der Waals surface area contributed by atoms with Crippen molar-refractivity contribution in [1.82, 2.24) is 0 Å². The molecule has 0 bridgehead atoms. The molecule has 0 saturated carbocycles. The molecule has 0 amide bonds. The van der Waals surface area contributed by atoms with E-state index in [0.717, 1.165) is 16.7 Å². The van der Waals surface area contributed by atoms with Gasteiger partial charge in [-0.05, 0) is 27.8 Å². The van der Waals surface area contributed by atoms with Crippen LogP contribution < -0.4 is 5.19 Å².